The Morgan fingerprint density at radius 2 is 2.23 bits per heavy atom. The molecule has 1 aromatic carbocycles. The Balaban J connectivity index is 1.87. The zero-order valence-corrected chi connectivity index (χ0v) is 17.1. The summed E-state index contributed by atoms with van der Waals surface area (Å²) >= 11 is 0. The van der Waals surface area contributed by atoms with Crippen molar-refractivity contribution in [3.63, 3.8) is 0 Å². The molecule has 1 N–H and O–H groups in total. The van der Waals surface area contributed by atoms with Gasteiger partial charge in [-0.15, -0.1) is 0 Å². The molecular weight excluding hydrogens is 384 g/mol. The summed E-state index contributed by atoms with van der Waals surface area (Å²) in [6.07, 6.45) is 3.57. The number of rotatable bonds is 6. The number of benzene rings is 1. The van der Waals surface area contributed by atoms with E-state index in [1.165, 1.54) is 12.3 Å². The quantitative estimate of drug-likeness (QED) is 0.584. The van der Waals surface area contributed by atoms with E-state index in [0.29, 0.717) is 50.5 Å². The van der Waals surface area contributed by atoms with Gasteiger partial charge in [-0.25, -0.2) is 11.4 Å². The summed E-state index contributed by atoms with van der Waals surface area (Å²) in [7, 11) is 0. The van der Waals surface area contributed by atoms with Crippen LogP contribution in [0.3, 0.4) is 0 Å². The minimum absolute atomic E-state index is 0.0292. The highest BCUT2D eigenvalue weighted by atomic mass is 16.5. The van der Waals surface area contributed by atoms with Crippen LogP contribution in [0.2, 0.25) is 0 Å². The third kappa shape index (κ3) is 3.32. The van der Waals surface area contributed by atoms with Crippen molar-refractivity contribution >= 4 is 5.97 Å². The van der Waals surface area contributed by atoms with Crippen LogP contribution in [0.5, 0.6) is 11.5 Å². The Morgan fingerprint density at radius 1 is 1.43 bits per heavy atom. The zero-order valence-electron chi connectivity index (χ0n) is 17.1. The zero-order chi connectivity index (χ0) is 21.4. The van der Waals surface area contributed by atoms with Gasteiger partial charge in [0.1, 0.15) is 5.56 Å². The summed E-state index contributed by atoms with van der Waals surface area (Å²) in [5, 5.41) is 9.43. The fourth-order valence-corrected chi connectivity index (χ4v) is 4.38. The smallest absolute Gasteiger partial charge is 0.341 e. The summed E-state index contributed by atoms with van der Waals surface area (Å²) < 4.78 is 13.8. The molecule has 0 fully saturated rings. The fourth-order valence-electron chi connectivity index (χ4n) is 4.38. The molecule has 1 aromatic heterocycles. The van der Waals surface area contributed by atoms with Gasteiger partial charge in [-0.3, -0.25) is 4.79 Å². The van der Waals surface area contributed by atoms with Gasteiger partial charge in [0.25, 0.3) is 0 Å². The van der Waals surface area contributed by atoms with E-state index in [1.54, 1.807) is 0 Å². The first-order chi connectivity index (χ1) is 14.4. The predicted octanol–water partition coefficient (Wildman–Crippen LogP) is 3.59. The second-order valence-electron chi connectivity index (χ2n) is 8.06. The second kappa shape index (κ2) is 7.86. The average Bonchev–Trinajstić information content (AvgIpc) is 3.19. The molecule has 0 aliphatic carbocycles. The molecule has 0 amide bonds. The molecule has 30 heavy (non-hydrogen) atoms. The SMILES string of the molecule is [C-]#[N+]CCCOc1cc2c(c3c1OCC3)-c1cc(=O)c(C(=O)O)cn1C(C(C)C)C2. The maximum atomic E-state index is 12.5. The summed E-state index contributed by atoms with van der Waals surface area (Å²) in [6, 6.07) is 3.47. The monoisotopic (exact) mass is 408 g/mol. The lowest BCUT2D eigenvalue weighted by Crippen LogP contribution is -2.28. The van der Waals surface area contributed by atoms with Gasteiger partial charge >= 0.3 is 5.97 Å². The molecule has 1 atom stereocenters. The molecule has 0 saturated heterocycles. The first-order valence-electron chi connectivity index (χ1n) is 10.2. The lowest BCUT2D eigenvalue weighted by molar-refractivity contribution is 0.0694. The van der Waals surface area contributed by atoms with Crippen LogP contribution in [-0.2, 0) is 12.8 Å². The van der Waals surface area contributed by atoms with Crippen molar-refractivity contribution in [1.82, 2.24) is 4.57 Å². The largest absolute Gasteiger partial charge is 0.489 e. The number of pyridine rings is 1. The molecule has 1 unspecified atom stereocenters. The highest BCUT2D eigenvalue weighted by Crippen LogP contribution is 2.48. The first kappa shape index (κ1) is 20.0. The molecule has 7 nitrogen and oxygen atoms in total. The molecule has 0 saturated carbocycles. The average molecular weight is 408 g/mol. The van der Waals surface area contributed by atoms with Crippen molar-refractivity contribution in [2.24, 2.45) is 5.92 Å². The second-order valence-corrected chi connectivity index (χ2v) is 8.06. The number of carboxylic acids is 1. The number of hydrogen-bond acceptors (Lipinski definition) is 4. The minimum Gasteiger partial charge on any atom is -0.489 e. The summed E-state index contributed by atoms with van der Waals surface area (Å²) in [5.41, 5.74) is 3.09. The van der Waals surface area contributed by atoms with Crippen molar-refractivity contribution in [2.45, 2.75) is 39.2 Å². The highest BCUT2D eigenvalue weighted by Gasteiger charge is 2.33. The van der Waals surface area contributed by atoms with Gasteiger partial charge in [0.15, 0.2) is 16.9 Å². The van der Waals surface area contributed by atoms with Crippen LogP contribution < -0.4 is 14.9 Å². The number of ether oxygens (including phenoxy) is 2. The minimum atomic E-state index is -1.21. The van der Waals surface area contributed by atoms with Gasteiger partial charge in [-0.2, -0.15) is 0 Å². The molecule has 156 valence electrons. The topological polar surface area (TPSA) is 82.1 Å². The van der Waals surface area contributed by atoms with Crippen LogP contribution in [0.1, 0.15) is 47.8 Å². The van der Waals surface area contributed by atoms with E-state index >= 15 is 0 Å². The maximum Gasteiger partial charge on any atom is 0.341 e. The normalized spacial score (nSPS) is 16.3. The number of aromatic carboxylic acids is 1. The van der Waals surface area contributed by atoms with Crippen molar-refractivity contribution in [2.75, 3.05) is 19.8 Å². The molecule has 4 rings (SSSR count). The van der Waals surface area contributed by atoms with Crippen LogP contribution in [0.4, 0.5) is 0 Å². The number of hydrogen-bond donors (Lipinski definition) is 1. The Labute approximate surface area is 174 Å². The van der Waals surface area contributed by atoms with E-state index in [1.807, 2.05) is 10.6 Å². The molecule has 0 spiro atoms. The molecule has 0 radical (unpaired) electrons. The third-order valence-corrected chi connectivity index (χ3v) is 5.82. The number of fused-ring (bicyclic) bond motifs is 5. The van der Waals surface area contributed by atoms with Crippen molar-refractivity contribution < 1.29 is 19.4 Å². The van der Waals surface area contributed by atoms with E-state index < -0.39 is 11.4 Å². The van der Waals surface area contributed by atoms with Gasteiger partial charge in [0.05, 0.1) is 25.3 Å². The van der Waals surface area contributed by atoms with E-state index in [2.05, 4.69) is 18.7 Å². The number of carboxylic acid groups (broad SMARTS) is 1. The summed E-state index contributed by atoms with van der Waals surface area (Å²) in [5.74, 6) is 0.418. The van der Waals surface area contributed by atoms with Crippen LogP contribution in [0.25, 0.3) is 16.1 Å². The molecule has 7 heteroatoms. The van der Waals surface area contributed by atoms with E-state index in [0.717, 1.165) is 22.4 Å². The predicted molar refractivity (Wildman–Crippen MR) is 111 cm³/mol. The molecular formula is C23H24N2O5. The van der Waals surface area contributed by atoms with Crippen LogP contribution in [0.15, 0.2) is 23.1 Å². The van der Waals surface area contributed by atoms with Crippen molar-refractivity contribution in [1.29, 1.82) is 0 Å². The molecule has 0 bridgehead atoms. The fraction of sp³-hybridized carbons (Fsp3) is 0.435. The Kier molecular flexibility index (Phi) is 5.25. The number of carbonyl (C=O) groups is 1. The van der Waals surface area contributed by atoms with Crippen molar-refractivity contribution in [3.8, 4) is 22.8 Å². The van der Waals surface area contributed by atoms with Crippen LogP contribution in [-0.4, -0.2) is 35.4 Å². The third-order valence-electron chi connectivity index (χ3n) is 5.82. The number of aromatic nitrogens is 1. The Hall–Kier alpha value is -3.27. The Bertz CT molecular complexity index is 1110. The Morgan fingerprint density at radius 3 is 2.93 bits per heavy atom. The molecule has 2 aromatic rings. The maximum absolute atomic E-state index is 12.5. The van der Waals surface area contributed by atoms with E-state index in [-0.39, 0.29) is 17.5 Å². The van der Waals surface area contributed by atoms with Gasteiger partial charge in [-0.05, 0) is 24.0 Å². The summed E-state index contributed by atoms with van der Waals surface area (Å²) in [4.78, 5) is 27.4. The van der Waals surface area contributed by atoms with Crippen LogP contribution in [0, 0.1) is 12.5 Å². The van der Waals surface area contributed by atoms with Gasteiger partial charge < -0.3 is 24.0 Å². The van der Waals surface area contributed by atoms with Crippen molar-refractivity contribution in [3.05, 3.63) is 56.7 Å². The van der Waals surface area contributed by atoms with E-state index in [9.17, 15) is 14.7 Å². The lowest BCUT2D eigenvalue weighted by atomic mass is 9.84. The first-order valence-corrected chi connectivity index (χ1v) is 10.2. The van der Waals surface area contributed by atoms with Crippen LogP contribution >= 0.6 is 0 Å². The van der Waals surface area contributed by atoms with Gasteiger partial charge in [0.2, 0.25) is 6.54 Å². The van der Waals surface area contributed by atoms with E-state index in [4.69, 9.17) is 16.0 Å². The number of nitrogens with zero attached hydrogens (tertiary/aromatic N) is 2. The highest BCUT2D eigenvalue weighted by molar-refractivity contribution is 5.88. The summed E-state index contributed by atoms with van der Waals surface area (Å²) in [6.45, 7) is 12.5. The molecule has 3 heterocycles. The van der Waals surface area contributed by atoms with Gasteiger partial charge in [-0.1, -0.05) is 13.8 Å². The molecule has 2 aliphatic heterocycles. The lowest BCUT2D eigenvalue weighted by Gasteiger charge is -2.34. The molecule has 2 aliphatic rings. The standard InChI is InChI=1S/C23H24N2O5/c1-13(2)17-9-14-10-20(29-7-4-6-24-3)22-15(5-8-30-22)21(14)18-11-19(26)16(23(27)28)12-25(17)18/h10-13,17H,4-9H2,1-2H3,(H,27,28). The van der Waals surface area contributed by atoms with Gasteiger partial charge in [0, 0.05) is 35.9 Å².